The van der Waals surface area contributed by atoms with Gasteiger partial charge in [0.15, 0.2) is 0 Å². The molecule has 0 bridgehead atoms. The molecule has 2 aromatic rings. The van der Waals surface area contributed by atoms with Gasteiger partial charge in [-0.05, 0) is 74.0 Å². The summed E-state index contributed by atoms with van der Waals surface area (Å²) >= 11 is 9.28. The predicted molar refractivity (Wildman–Crippen MR) is 144 cm³/mol. The first-order valence-corrected chi connectivity index (χ1v) is 14.4. The third-order valence-corrected chi connectivity index (χ3v) is 8.49. The van der Waals surface area contributed by atoms with Crippen LogP contribution >= 0.6 is 35.3 Å². The molecule has 0 aliphatic carbocycles. The Balaban J connectivity index is 1.41. The van der Waals surface area contributed by atoms with Crippen molar-refractivity contribution in [3.8, 4) is 6.07 Å². The van der Waals surface area contributed by atoms with Crippen molar-refractivity contribution in [2.45, 2.75) is 53.8 Å². The van der Waals surface area contributed by atoms with Crippen molar-refractivity contribution in [1.82, 2.24) is 9.62 Å². The normalized spacial score (nSPS) is 19.0. The highest BCUT2D eigenvalue weighted by molar-refractivity contribution is 7.99. The van der Waals surface area contributed by atoms with E-state index >= 15 is 0 Å². The molecule has 198 valence electrons. The van der Waals surface area contributed by atoms with Crippen molar-refractivity contribution in [2.75, 3.05) is 37.3 Å². The zero-order valence-corrected chi connectivity index (χ0v) is 22.6. The van der Waals surface area contributed by atoms with Gasteiger partial charge in [0.25, 0.3) is 5.91 Å². The lowest BCUT2D eigenvalue weighted by atomic mass is 10.1. The van der Waals surface area contributed by atoms with Crippen LogP contribution in [-0.4, -0.2) is 61.1 Å². The van der Waals surface area contributed by atoms with Crippen molar-refractivity contribution in [3.63, 3.8) is 0 Å². The quantitative estimate of drug-likeness (QED) is 0.268. The number of halogens is 3. The van der Waals surface area contributed by atoms with Crippen LogP contribution in [0.25, 0.3) is 0 Å². The van der Waals surface area contributed by atoms with E-state index in [1.165, 1.54) is 12.1 Å². The average Bonchev–Trinajstić information content (AvgIpc) is 2.89. The molecule has 2 aliphatic rings. The summed E-state index contributed by atoms with van der Waals surface area (Å²) < 4.78 is 34.9. The Morgan fingerprint density at radius 2 is 2.03 bits per heavy atom. The van der Waals surface area contributed by atoms with Crippen molar-refractivity contribution in [3.05, 3.63) is 52.8 Å². The second-order valence-electron chi connectivity index (χ2n) is 9.11. The van der Waals surface area contributed by atoms with Crippen molar-refractivity contribution in [1.29, 1.82) is 5.26 Å². The molecule has 6 nitrogen and oxygen atoms in total. The van der Waals surface area contributed by atoms with Crippen LogP contribution in [0.1, 0.15) is 31.2 Å². The van der Waals surface area contributed by atoms with E-state index in [-0.39, 0.29) is 17.8 Å². The van der Waals surface area contributed by atoms with Gasteiger partial charge >= 0.3 is 0 Å². The van der Waals surface area contributed by atoms with Crippen molar-refractivity contribution < 1.29 is 18.3 Å². The largest absolute Gasteiger partial charge is 0.379 e. The summed E-state index contributed by atoms with van der Waals surface area (Å²) in [4.78, 5) is 16.0. The Hall–Kier alpha value is -2.03. The number of carbonyl (C=O) groups is 1. The first-order valence-electron chi connectivity index (χ1n) is 12.2. The third-order valence-electron chi connectivity index (χ3n) is 6.25. The Labute approximate surface area is 229 Å². The van der Waals surface area contributed by atoms with Gasteiger partial charge in [-0.3, -0.25) is 14.4 Å². The Morgan fingerprint density at radius 3 is 2.70 bits per heavy atom. The lowest BCUT2D eigenvalue weighted by Gasteiger charge is -2.35. The highest BCUT2D eigenvalue weighted by Crippen LogP contribution is 2.33. The number of ether oxygens (including phenoxy) is 1. The topological polar surface area (TPSA) is 77.4 Å². The molecule has 4 rings (SSSR count). The zero-order chi connectivity index (χ0) is 26.2. The highest BCUT2D eigenvalue weighted by Gasteiger charge is 2.27. The number of hydrogen-bond donors (Lipinski definition) is 2. The molecule has 0 radical (unpaired) electrons. The standard InChI is InChI=1S/C26H29ClF2N4O2S2/c27-23-12-22(37-32-26(34)24-3-1-2-10-35-24)11-17(13-30)25(23)31-20(8-9-33-14-19(29)15-33)16-36-21-6-4-18(28)5-7-21/h4-7,11-12,19-20,24,31H,1-3,8-10,14-16H2,(H,32,34). The number of nitriles is 1. The molecule has 11 heteroatoms. The molecule has 2 saturated heterocycles. The smallest absolute Gasteiger partial charge is 0.259 e. The monoisotopic (exact) mass is 566 g/mol. The van der Waals surface area contributed by atoms with Gasteiger partial charge in [-0.1, -0.05) is 11.6 Å². The summed E-state index contributed by atoms with van der Waals surface area (Å²) in [5.41, 5.74) is 0.884. The van der Waals surface area contributed by atoms with Crippen LogP contribution in [0.2, 0.25) is 5.02 Å². The number of carbonyl (C=O) groups excluding carboxylic acids is 1. The fourth-order valence-corrected chi connectivity index (χ4v) is 6.17. The van der Waals surface area contributed by atoms with Crippen LogP contribution in [0, 0.1) is 17.1 Å². The number of likely N-dealkylation sites (tertiary alicyclic amines) is 1. The maximum atomic E-state index is 13.3. The molecule has 2 atom stereocenters. The van der Waals surface area contributed by atoms with E-state index in [2.05, 4.69) is 16.1 Å². The van der Waals surface area contributed by atoms with Crippen LogP contribution in [0.3, 0.4) is 0 Å². The number of rotatable bonds is 11. The number of thioether (sulfide) groups is 1. The summed E-state index contributed by atoms with van der Waals surface area (Å²) in [7, 11) is 0. The lowest BCUT2D eigenvalue weighted by molar-refractivity contribution is -0.133. The highest BCUT2D eigenvalue weighted by atomic mass is 35.5. The van der Waals surface area contributed by atoms with Gasteiger partial charge in [0.2, 0.25) is 0 Å². The van der Waals surface area contributed by atoms with Gasteiger partial charge < -0.3 is 10.1 Å². The minimum atomic E-state index is -0.769. The summed E-state index contributed by atoms with van der Waals surface area (Å²) in [5.74, 6) is 0.164. The number of amides is 1. The number of nitrogens with one attached hydrogen (secondary N) is 2. The number of hydrogen-bond acceptors (Lipinski definition) is 7. The molecular formula is C26H29ClF2N4O2S2. The zero-order valence-electron chi connectivity index (χ0n) is 20.2. The lowest BCUT2D eigenvalue weighted by Crippen LogP contribution is -2.49. The first kappa shape index (κ1) is 28.0. The van der Waals surface area contributed by atoms with Crippen LogP contribution in [0.15, 0.2) is 46.2 Å². The Bertz CT molecular complexity index is 1110. The van der Waals surface area contributed by atoms with Crippen LogP contribution < -0.4 is 10.0 Å². The van der Waals surface area contributed by atoms with Gasteiger partial charge in [-0.15, -0.1) is 11.8 Å². The fourth-order valence-electron chi connectivity index (χ4n) is 4.15. The summed E-state index contributed by atoms with van der Waals surface area (Å²) in [6.45, 7) is 2.17. The number of nitrogens with zero attached hydrogens (tertiary/aromatic N) is 2. The van der Waals surface area contributed by atoms with Gasteiger partial charge in [0.1, 0.15) is 24.2 Å². The van der Waals surface area contributed by atoms with E-state index in [0.717, 1.165) is 36.1 Å². The molecule has 1 amide bonds. The van der Waals surface area contributed by atoms with E-state index < -0.39 is 12.3 Å². The number of benzene rings is 2. The summed E-state index contributed by atoms with van der Waals surface area (Å²) in [6, 6.07) is 11.8. The van der Waals surface area contributed by atoms with E-state index in [1.54, 1.807) is 36.0 Å². The van der Waals surface area contributed by atoms with E-state index in [9.17, 15) is 18.8 Å². The van der Waals surface area contributed by atoms with Crippen LogP contribution in [0.5, 0.6) is 0 Å². The predicted octanol–water partition coefficient (Wildman–Crippen LogP) is 5.66. The average molecular weight is 567 g/mol. The van der Waals surface area contributed by atoms with Crippen LogP contribution in [-0.2, 0) is 9.53 Å². The minimum Gasteiger partial charge on any atom is -0.379 e. The van der Waals surface area contributed by atoms with E-state index in [1.807, 2.05) is 4.90 Å². The molecule has 2 fully saturated rings. The van der Waals surface area contributed by atoms with Crippen LogP contribution in [0.4, 0.5) is 14.5 Å². The molecule has 0 aromatic heterocycles. The van der Waals surface area contributed by atoms with Gasteiger partial charge in [0, 0.05) is 47.8 Å². The molecule has 2 N–H and O–H groups in total. The Kier molecular flexibility index (Phi) is 10.3. The number of anilines is 1. The van der Waals surface area contributed by atoms with Gasteiger partial charge in [-0.2, -0.15) is 5.26 Å². The summed E-state index contributed by atoms with van der Waals surface area (Å²) in [5, 5.41) is 13.6. The minimum absolute atomic E-state index is 0.0695. The number of alkyl halides is 1. The van der Waals surface area contributed by atoms with Gasteiger partial charge in [-0.25, -0.2) is 8.78 Å². The van der Waals surface area contributed by atoms with Crippen molar-refractivity contribution >= 4 is 46.9 Å². The van der Waals surface area contributed by atoms with Gasteiger partial charge in [0.05, 0.1) is 16.3 Å². The fraction of sp³-hybridized carbons (Fsp3) is 0.462. The van der Waals surface area contributed by atoms with E-state index in [0.29, 0.717) is 59.6 Å². The molecule has 0 saturated carbocycles. The van der Waals surface area contributed by atoms with E-state index in [4.69, 9.17) is 16.3 Å². The first-order chi connectivity index (χ1) is 17.9. The van der Waals surface area contributed by atoms with Crippen molar-refractivity contribution in [2.24, 2.45) is 0 Å². The molecule has 2 aromatic carbocycles. The maximum Gasteiger partial charge on any atom is 0.259 e. The molecule has 2 heterocycles. The molecule has 2 aliphatic heterocycles. The second kappa shape index (κ2) is 13.7. The third kappa shape index (κ3) is 8.23. The molecule has 2 unspecified atom stereocenters. The Morgan fingerprint density at radius 1 is 1.24 bits per heavy atom. The molecule has 0 spiro atoms. The molecule has 37 heavy (non-hydrogen) atoms. The SMILES string of the molecule is N#Cc1cc(SNC(=O)C2CCCCO2)cc(Cl)c1NC(CCN1CC(F)C1)CSc1ccc(F)cc1. The second-order valence-corrected chi connectivity index (χ2v) is 11.5. The molecular weight excluding hydrogens is 538 g/mol. The maximum absolute atomic E-state index is 13.3. The summed E-state index contributed by atoms with van der Waals surface area (Å²) in [6.07, 6.45) is 2.11.